The second-order valence-corrected chi connectivity index (χ2v) is 17.0. The molecule has 0 radical (unpaired) electrons. The minimum absolute atomic E-state index is 0.245. The lowest BCUT2D eigenvalue weighted by atomic mass is 9.64. The maximum atomic E-state index is 6.78. The van der Waals surface area contributed by atoms with Crippen molar-refractivity contribution < 1.29 is 4.74 Å². The number of aliphatic imine (C=N–C) groups is 1. The van der Waals surface area contributed by atoms with Crippen molar-refractivity contribution in [3.63, 3.8) is 0 Å². The molecule has 0 saturated heterocycles. The second-order valence-electron chi connectivity index (χ2n) is 17.0. The lowest BCUT2D eigenvalue weighted by Crippen LogP contribution is -2.32. The summed E-state index contributed by atoms with van der Waals surface area (Å²) in [6.45, 7) is 0. The highest BCUT2D eigenvalue weighted by molar-refractivity contribution is 6.19. The average Bonchev–Trinajstić information content (AvgIpc) is 3.68. The molecule has 13 rings (SSSR count). The molecule has 2 heterocycles. The Bertz CT molecular complexity index is 3500. The molecule has 0 bridgehead atoms. The molecule has 1 unspecified atom stereocenters. The molecular weight excluding hydrogens is 777 g/mol. The van der Waals surface area contributed by atoms with Gasteiger partial charge in [-0.1, -0.05) is 200 Å². The minimum atomic E-state index is -0.634. The van der Waals surface area contributed by atoms with Crippen LogP contribution in [0.25, 0.3) is 60.6 Å². The number of para-hydroxylation sites is 2. The van der Waals surface area contributed by atoms with Crippen molar-refractivity contribution in [1.82, 2.24) is 5.32 Å². The monoisotopic (exact) mass is 816 g/mol. The quantitative estimate of drug-likeness (QED) is 0.176. The van der Waals surface area contributed by atoms with Crippen LogP contribution in [0.4, 0.5) is 0 Å². The lowest BCUT2D eigenvalue weighted by molar-refractivity contribution is 0.437. The van der Waals surface area contributed by atoms with Gasteiger partial charge in [0.2, 0.25) is 0 Å². The van der Waals surface area contributed by atoms with Gasteiger partial charge >= 0.3 is 0 Å². The molecule has 10 aromatic rings. The summed E-state index contributed by atoms with van der Waals surface area (Å²) in [6, 6.07) is 81.1. The molecule has 0 fully saturated rings. The SMILES string of the molecule is C1=C(c2cccc(-c3ccc4c(c3)C3(c5ccccc5Oc5ccccc53)c3c-4c4ccccc4c4ccccc34)c2)NC(c2ccccc2)N=C1c1ccc(-c2ccccc2)cc1. The summed E-state index contributed by atoms with van der Waals surface area (Å²) in [6.07, 6.45) is 1.96. The second kappa shape index (κ2) is 14.4. The molecule has 0 saturated carbocycles. The number of benzene rings is 10. The Balaban J connectivity index is 0.991. The van der Waals surface area contributed by atoms with Crippen LogP contribution in [0, 0.1) is 0 Å². The molecule has 2 aliphatic heterocycles. The summed E-state index contributed by atoms with van der Waals surface area (Å²) in [4.78, 5) is 5.29. The fourth-order valence-corrected chi connectivity index (χ4v) is 10.7. The van der Waals surface area contributed by atoms with E-state index in [1.165, 1.54) is 54.9 Å². The van der Waals surface area contributed by atoms with Crippen LogP contribution in [0.5, 0.6) is 11.5 Å². The highest BCUT2D eigenvalue weighted by Gasteiger charge is 2.52. The van der Waals surface area contributed by atoms with Gasteiger partial charge < -0.3 is 10.1 Å². The van der Waals surface area contributed by atoms with Crippen LogP contribution < -0.4 is 10.1 Å². The summed E-state index contributed by atoms with van der Waals surface area (Å²) in [5, 5.41) is 8.87. The zero-order valence-corrected chi connectivity index (χ0v) is 34.9. The van der Waals surface area contributed by atoms with E-state index in [2.05, 4.69) is 236 Å². The van der Waals surface area contributed by atoms with E-state index in [-0.39, 0.29) is 6.17 Å². The van der Waals surface area contributed by atoms with Crippen molar-refractivity contribution in [2.75, 3.05) is 0 Å². The summed E-state index contributed by atoms with van der Waals surface area (Å²) >= 11 is 0. The van der Waals surface area contributed by atoms with Gasteiger partial charge in [0, 0.05) is 16.8 Å². The maximum Gasteiger partial charge on any atom is 0.145 e. The number of hydrogen-bond acceptors (Lipinski definition) is 3. The van der Waals surface area contributed by atoms with E-state index in [4.69, 9.17) is 9.73 Å². The fraction of sp³-hybridized carbons (Fsp3) is 0.0328. The van der Waals surface area contributed by atoms with Gasteiger partial charge in [-0.2, -0.15) is 0 Å². The molecule has 1 N–H and O–H groups in total. The first-order valence-corrected chi connectivity index (χ1v) is 22.1. The molecule has 64 heavy (non-hydrogen) atoms. The van der Waals surface area contributed by atoms with E-state index >= 15 is 0 Å². The zero-order chi connectivity index (χ0) is 42.2. The number of ether oxygens (including phenoxy) is 1. The van der Waals surface area contributed by atoms with Gasteiger partial charge in [0.1, 0.15) is 17.7 Å². The third kappa shape index (κ3) is 5.51. The van der Waals surface area contributed by atoms with E-state index < -0.39 is 5.41 Å². The lowest BCUT2D eigenvalue weighted by Gasteiger charge is -2.40. The number of allylic oxidation sites excluding steroid dienone is 1. The van der Waals surface area contributed by atoms with Crippen LogP contribution in [-0.4, -0.2) is 5.71 Å². The number of fused-ring (bicyclic) bond motifs is 14. The van der Waals surface area contributed by atoms with Crippen molar-refractivity contribution in [2.24, 2.45) is 4.99 Å². The number of rotatable bonds is 5. The van der Waals surface area contributed by atoms with Crippen molar-refractivity contribution in [2.45, 2.75) is 11.6 Å². The smallest absolute Gasteiger partial charge is 0.145 e. The van der Waals surface area contributed by atoms with Gasteiger partial charge in [-0.3, -0.25) is 4.99 Å². The molecule has 3 nitrogen and oxygen atoms in total. The third-order valence-corrected chi connectivity index (χ3v) is 13.6. The highest BCUT2D eigenvalue weighted by atomic mass is 16.5. The number of nitrogens with zero attached hydrogens (tertiary/aromatic N) is 1. The molecular formula is C61H40N2O. The van der Waals surface area contributed by atoms with Crippen LogP contribution in [0.2, 0.25) is 0 Å². The van der Waals surface area contributed by atoms with Crippen molar-refractivity contribution in [1.29, 1.82) is 0 Å². The van der Waals surface area contributed by atoms with E-state index in [9.17, 15) is 0 Å². The first-order valence-electron chi connectivity index (χ1n) is 22.1. The van der Waals surface area contributed by atoms with Gasteiger partial charge in [-0.25, -0.2) is 0 Å². The van der Waals surface area contributed by atoms with Gasteiger partial charge in [0.15, 0.2) is 0 Å². The van der Waals surface area contributed by atoms with Gasteiger partial charge in [0.05, 0.1) is 11.1 Å². The first kappa shape index (κ1) is 36.4. The normalized spacial score (nSPS) is 15.3. The standard InChI is InChI=1S/C61H40N2O/c1-3-16-39(17-4-1)40-30-32-41(33-31-40)54-38-55(63-60(62-54)42-18-5-2-6-19-42)45-21-15-20-43(36-45)44-34-35-50-53(37-44)61(51-26-11-13-28-56(51)64-57-29-14-12-27-52(57)61)59-49-25-10-8-23-47(49)46-22-7-9-24-48(46)58(50)59/h1-38,60,63H. The van der Waals surface area contributed by atoms with Crippen molar-refractivity contribution in [3.05, 3.63) is 269 Å². The predicted molar refractivity (Wildman–Crippen MR) is 263 cm³/mol. The maximum absolute atomic E-state index is 6.78. The van der Waals surface area contributed by atoms with E-state index in [0.717, 1.165) is 61.9 Å². The van der Waals surface area contributed by atoms with Crippen LogP contribution >= 0.6 is 0 Å². The predicted octanol–water partition coefficient (Wildman–Crippen LogP) is 14.9. The fourth-order valence-electron chi connectivity index (χ4n) is 10.7. The van der Waals surface area contributed by atoms with Crippen LogP contribution in [0.15, 0.2) is 236 Å². The Labute approximate surface area is 372 Å². The van der Waals surface area contributed by atoms with Gasteiger partial charge in [-0.15, -0.1) is 0 Å². The van der Waals surface area contributed by atoms with Crippen molar-refractivity contribution >= 4 is 33.0 Å². The van der Waals surface area contributed by atoms with Crippen LogP contribution in [-0.2, 0) is 5.41 Å². The molecule has 0 amide bonds. The molecule has 3 aliphatic rings. The molecule has 300 valence electrons. The van der Waals surface area contributed by atoms with Gasteiger partial charge in [-0.05, 0) is 113 Å². The van der Waals surface area contributed by atoms with Crippen molar-refractivity contribution in [3.8, 4) is 44.9 Å². The Kier molecular flexibility index (Phi) is 8.19. The Hall–Kier alpha value is -8.27. The number of nitrogens with one attached hydrogen (secondary N) is 1. The van der Waals surface area contributed by atoms with E-state index in [1.807, 2.05) is 0 Å². The zero-order valence-electron chi connectivity index (χ0n) is 34.9. The molecule has 0 aromatic heterocycles. The summed E-state index contributed by atoms with van der Waals surface area (Å²) in [5.74, 6) is 1.78. The average molecular weight is 817 g/mol. The van der Waals surface area contributed by atoms with Crippen LogP contribution in [0.1, 0.15) is 45.1 Å². The largest absolute Gasteiger partial charge is 0.457 e. The molecule has 1 spiro atoms. The highest BCUT2D eigenvalue weighted by Crippen LogP contribution is 2.65. The molecule has 1 aliphatic carbocycles. The Morgan fingerprint density at radius 3 is 1.67 bits per heavy atom. The molecule has 10 aromatic carbocycles. The third-order valence-electron chi connectivity index (χ3n) is 13.6. The topological polar surface area (TPSA) is 33.6 Å². The Morgan fingerprint density at radius 1 is 0.406 bits per heavy atom. The van der Waals surface area contributed by atoms with E-state index in [0.29, 0.717) is 0 Å². The van der Waals surface area contributed by atoms with E-state index in [1.54, 1.807) is 0 Å². The number of hydrogen-bond donors (Lipinski definition) is 1. The van der Waals surface area contributed by atoms with Crippen LogP contribution in [0.3, 0.4) is 0 Å². The first-order chi connectivity index (χ1) is 31.7. The summed E-state index contributed by atoms with van der Waals surface area (Å²) < 4.78 is 6.78. The summed E-state index contributed by atoms with van der Waals surface area (Å²) in [7, 11) is 0. The molecule has 3 heteroatoms. The molecule has 1 atom stereocenters. The van der Waals surface area contributed by atoms with Gasteiger partial charge in [0.25, 0.3) is 0 Å². The Morgan fingerprint density at radius 2 is 0.938 bits per heavy atom. The summed E-state index contributed by atoms with van der Waals surface area (Å²) in [5.41, 5.74) is 16.8. The minimum Gasteiger partial charge on any atom is -0.457 e.